The van der Waals surface area contributed by atoms with Crippen LogP contribution in [0.3, 0.4) is 0 Å². The van der Waals surface area contributed by atoms with E-state index in [9.17, 15) is 8.42 Å². The molecule has 1 heterocycles. The average Bonchev–Trinajstić information content (AvgIpc) is 2.83. The smallest absolute Gasteiger partial charge is 0.252 e. The number of sulfonamides is 1. The number of nitrogens with zero attached hydrogens (tertiary/aromatic N) is 1. The molecule has 0 bridgehead atoms. The number of hydrogen-bond acceptors (Lipinski definition) is 5. The summed E-state index contributed by atoms with van der Waals surface area (Å²) >= 11 is 1.22. The Bertz CT molecular complexity index is 457. The number of hydrogen-bond donors (Lipinski definition) is 2. The second-order valence-corrected chi connectivity index (χ2v) is 7.48. The third kappa shape index (κ3) is 4.03. The van der Waals surface area contributed by atoms with Crippen LogP contribution in [0.4, 0.5) is 0 Å². The maximum Gasteiger partial charge on any atom is 0.252 e. The van der Waals surface area contributed by atoms with Crippen molar-refractivity contribution >= 4 is 21.4 Å². The second-order valence-electron chi connectivity index (χ2n) is 4.04. The molecule has 0 radical (unpaired) electrons. The molecule has 3 N–H and O–H groups in total. The molecule has 1 aromatic rings. The van der Waals surface area contributed by atoms with E-state index in [4.69, 9.17) is 10.8 Å². The first-order valence-corrected chi connectivity index (χ1v) is 8.14. The Kier molecular flexibility index (Phi) is 6.24. The average molecular weight is 292 g/mol. The number of thiophene rings is 1. The summed E-state index contributed by atoms with van der Waals surface area (Å²) in [5, 5.41) is 8.66. The van der Waals surface area contributed by atoms with Crippen molar-refractivity contribution in [2.24, 2.45) is 5.73 Å². The van der Waals surface area contributed by atoms with Crippen molar-refractivity contribution in [1.29, 1.82) is 0 Å². The second kappa shape index (κ2) is 7.20. The highest BCUT2D eigenvalue weighted by Crippen LogP contribution is 2.24. The lowest BCUT2D eigenvalue weighted by Crippen LogP contribution is -2.27. The Morgan fingerprint density at radius 2 is 2.06 bits per heavy atom. The summed E-state index contributed by atoms with van der Waals surface area (Å²) in [6, 6.07) is 3.35. The van der Waals surface area contributed by atoms with Gasteiger partial charge in [0.05, 0.1) is 0 Å². The third-order valence-corrected chi connectivity index (χ3v) is 6.07. The monoisotopic (exact) mass is 292 g/mol. The van der Waals surface area contributed by atoms with E-state index in [1.54, 1.807) is 19.2 Å². The van der Waals surface area contributed by atoms with Gasteiger partial charge in [-0.15, -0.1) is 11.3 Å². The zero-order valence-electron chi connectivity index (χ0n) is 10.5. The molecule has 5 nitrogen and oxygen atoms in total. The molecule has 0 saturated carbocycles. The molecular weight excluding hydrogens is 272 g/mol. The molecule has 0 aliphatic heterocycles. The van der Waals surface area contributed by atoms with Gasteiger partial charge >= 0.3 is 0 Å². The van der Waals surface area contributed by atoms with Gasteiger partial charge in [-0.3, -0.25) is 0 Å². The lowest BCUT2D eigenvalue weighted by Gasteiger charge is -2.15. The van der Waals surface area contributed by atoms with Crippen LogP contribution in [-0.4, -0.2) is 38.0 Å². The summed E-state index contributed by atoms with van der Waals surface area (Å²) in [4.78, 5) is 0.863. The van der Waals surface area contributed by atoms with Gasteiger partial charge in [0.15, 0.2) is 0 Å². The fourth-order valence-corrected chi connectivity index (χ4v) is 4.16. The van der Waals surface area contributed by atoms with Crippen molar-refractivity contribution in [3.8, 4) is 0 Å². The van der Waals surface area contributed by atoms with Gasteiger partial charge < -0.3 is 10.8 Å². The van der Waals surface area contributed by atoms with Gasteiger partial charge in [0.2, 0.25) is 0 Å². The minimum absolute atomic E-state index is 0.154. The Hall–Kier alpha value is -0.470. The predicted molar refractivity (Wildman–Crippen MR) is 73.0 cm³/mol. The van der Waals surface area contributed by atoms with E-state index in [2.05, 4.69) is 0 Å². The number of aliphatic hydroxyl groups is 1. The Labute approximate surface area is 112 Å². The molecule has 1 rings (SSSR count). The highest BCUT2D eigenvalue weighted by atomic mass is 32.2. The van der Waals surface area contributed by atoms with Gasteiger partial charge in [0, 0.05) is 31.6 Å². The van der Waals surface area contributed by atoms with Crippen molar-refractivity contribution in [3.05, 3.63) is 17.0 Å². The van der Waals surface area contributed by atoms with Crippen LogP contribution in [0.2, 0.25) is 0 Å². The predicted octanol–water partition coefficient (Wildman–Crippen LogP) is 0.990. The fourth-order valence-electron chi connectivity index (χ4n) is 1.50. The molecule has 0 unspecified atom stereocenters. The molecule has 0 atom stereocenters. The minimum Gasteiger partial charge on any atom is -0.396 e. The molecule has 0 fully saturated rings. The molecule has 7 heteroatoms. The zero-order chi connectivity index (χ0) is 13.6. The van der Waals surface area contributed by atoms with Crippen molar-refractivity contribution < 1.29 is 13.5 Å². The third-order valence-electron chi connectivity index (χ3n) is 2.63. The summed E-state index contributed by atoms with van der Waals surface area (Å²) in [6.07, 6.45) is 2.30. The first kappa shape index (κ1) is 15.6. The molecular formula is C11H20N2O3S2. The van der Waals surface area contributed by atoms with Crippen LogP contribution in [0.15, 0.2) is 16.3 Å². The number of aliphatic hydroxyl groups excluding tert-OH is 1. The van der Waals surface area contributed by atoms with Gasteiger partial charge in [-0.25, -0.2) is 12.7 Å². The van der Waals surface area contributed by atoms with Crippen LogP contribution in [0.25, 0.3) is 0 Å². The molecule has 1 aromatic heterocycles. The zero-order valence-corrected chi connectivity index (χ0v) is 12.1. The van der Waals surface area contributed by atoms with Crippen molar-refractivity contribution in [1.82, 2.24) is 4.31 Å². The van der Waals surface area contributed by atoms with Crippen LogP contribution in [-0.2, 0) is 16.6 Å². The van der Waals surface area contributed by atoms with E-state index < -0.39 is 10.0 Å². The maximum atomic E-state index is 12.2. The quantitative estimate of drug-likeness (QED) is 0.700. The summed E-state index contributed by atoms with van der Waals surface area (Å²) < 4.78 is 26.0. The maximum absolute atomic E-state index is 12.2. The van der Waals surface area contributed by atoms with Crippen molar-refractivity contribution in [2.75, 3.05) is 20.2 Å². The molecule has 0 aliphatic rings. The SMILES string of the molecule is CN(CCCCCO)S(=O)(=O)c1ccc(CN)s1. The number of unbranched alkanes of at least 4 members (excludes halogenated alkanes) is 2. The van der Waals surface area contributed by atoms with Gasteiger partial charge in [0.25, 0.3) is 10.0 Å². The largest absolute Gasteiger partial charge is 0.396 e. The molecule has 104 valence electrons. The van der Waals surface area contributed by atoms with Crippen LogP contribution in [0.5, 0.6) is 0 Å². The van der Waals surface area contributed by atoms with Crippen LogP contribution >= 0.6 is 11.3 Å². The highest BCUT2D eigenvalue weighted by Gasteiger charge is 2.22. The Morgan fingerprint density at radius 1 is 1.33 bits per heavy atom. The molecule has 0 amide bonds. The Morgan fingerprint density at radius 3 is 2.61 bits per heavy atom. The van der Waals surface area contributed by atoms with Gasteiger partial charge in [-0.2, -0.15) is 0 Å². The summed E-state index contributed by atoms with van der Waals surface area (Å²) in [7, 11) is -1.80. The fraction of sp³-hybridized carbons (Fsp3) is 0.636. The van der Waals surface area contributed by atoms with E-state index in [1.165, 1.54) is 15.6 Å². The van der Waals surface area contributed by atoms with E-state index in [0.717, 1.165) is 17.7 Å². The standard InChI is InChI=1S/C11H20N2O3S2/c1-13(7-3-2-4-8-14)18(15,16)11-6-5-10(9-12)17-11/h5-6,14H,2-4,7-9,12H2,1H3. The van der Waals surface area contributed by atoms with Crippen molar-refractivity contribution in [2.45, 2.75) is 30.0 Å². The Balaban J connectivity index is 2.62. The first-order valence-electron chi connectivity index (χ1n) is 5.88. The first-order chi connectivity index (χ1) is 8.52. The van der Waals surface area contributed by atoms with Crippen LogP contribution in [0, 0.1) is 0 Å². The van der Waals surface area contributed by atoms with Gasteiger partial charge in [-0.05, 0) is 31.4 Å². The van der Waals surface area contributed by atoms with E-state index >= 15 is 0 Å². The normalized spacial score (nSPS) is 12.2. The number of rotatable bonds is 8. The minimum atomic E-state index is -3.38. The van der Waals surface area contributed by atoms with E-state index in [0.29, 0.717) is 23.7 Å². The molecule has 0 aliphatic carbocycles. The molecule has 0 saturated heterocycles. The summed E-state index contributed by atoms with van der Waals surface area (Å²) in [6.45, 7) is 0.986. The lowest BCUT2D eigenvalue weighted by molar-refractivity contribution is 0.281. The van der Waals surface area contributed by atoms with Crippen LogP contribution in [0.1, 0.15) is 24.1 Å². The molecule has 18 heavy (non-hydrogen) atoms. The van der Waals surface area contributed by atoms with E-state index in [-0.39, 0.29) is 6.61 Å². The summed E-state index contributed by atoms with van der Waals surface area (Å²) in [5.74, 6) is 0. The van der Waals surface area contributed by atoms with Gasteiger partial charge in [-0.1, -0.05) is 0 Å². The van der Waals surface area contributed by atoms with Crippen LogP contribution < -0.4 is 5.73 Å². The number of nitrogens with two attached hydrogens (primary N) is 1. The molecule has 0 spiro atoms. The lowest BCUT2D eigenvalue weighted by atomic mass is 10.2. The highest BCUT2D eigenvalue weighted by molar-refractivity contribution is 7.91. The van der Waals surface area contributed by atoms with Crippen molar-refractivity contribution in [3.63, 3.8) is 0 Å². The molecule has 0 aromatic carbocycles. The van der Waals surface area contributed by atoms with Gasteiger partial charge in [0.1, 0.15) is 4.21 Å². The summed E-state index contributed by atoms with van der Waals surface area (Å²) in [5.41, 5.74) is 5.47. The topological polar surface area (TPSA) is 83.6 Å². The van der Waals surface area contributed by atoms with E-state index in [1.807, 2.05) is 0 Å².